The highest BCUT2D eigenvalue weighted by Gasteiger charge is 2.27. The summed E-state index contributed by atoms with van der Waals surface area (Å²) in [6.07, 6.45) is 2.85. The van der Waals surface area contributed by atoms with Crippen LogP contribution in [0.1, 0.15) is 41.5 Å². The lowest BCUT2D eigenvalue weighted by Crippen LogP contribution is -2.50. The van der Waals surface area contributed by atoms with Gasteiger partial charge < -0.3 is 43.4 Å². The van der Waals surface area contributed by atoms with Crippen molar-refractivity contribution in [2.75, 3.05) is 76.4 Å². The molecule has 0 radical (unpaired) electrons. The van der Waals surface area contributed by atoms with Gasteiger partial charge in [0.2, 0.25) is 0 Å². The molecule has 264 valence electrons. The number of anilines is 2. The number of carbonyl (C=O) groups is 3. The number of rotatable bonds is 4. The summed E-state index contributed by atoms with van der Waals surface area (Å²) in [5.41, 5.74) is 2.81. The first-order chi connectivity index (χ1) is 23.2. The van der Waals surface area contributed by atoms with E-state index >= 15 is 0 Å². The van der Waals surface area contributed by atoms with Crippen LogP contribution in [0.3, 0.4) is 0 Å². The summed E-state index contributed by atoms with van der Waals surface area (Å²) in [6, 6.07) is 6.71. The van der Waals surface area contributed by atoms with Crippen molar-refractivity contribution in [2.45, 2.75) is 26.4 Å². The van der Waals surface area contributed by atoms with Gasteiger partial charge in [0.1, 0.15) is 17.2 Å². The molecule has 4 heterocycles. The lowest BCUT2D eigenvalue weighted by molar-refractivity contribution is 0.0240. The van der Waals surface area contributed by atoms with Crippen LogP contribution in [0.5, 0.6) is 0 Å². The number of carbonyl (C=O) groups excluding carboxylic acids is 3. The van der Waals surface area contributed by atoms with E-state index in [0.717, 1.165) is 31.9 Å². The van der Waals surface area contributed by atoms with Crippen molar-refractivity contribution in [3.63, 3.8) is 0 Å². The first kappa shape index (κ1) is 35.5. The summed E-state index contributed by atoms with van der Waals surface area (Å²) in [5.74, 6) is -1.94. The molecule has 2 saturated heterocycles. The van der Waals surface area contributed by atoms with Crippen molar-refractivity contribution >= 4 is 51.2 Å². The lowest BCUT2D eigenvalue weighted by Gasteiger charge is -2.36. The van der Waals surface area contributed by atoms with Crippen LogP contribution < -0.4 is 15.1 Å². The summed E-state index contributed by atoms with van der Waals surface area (Å²) in [7, 11) is 6.14. The zero-order valence-corrected chi connectivity index (χ0v) is 29.1. The fourth-order valence-electron chi connectivity index (χ4n) is 6.19. The molecular weight excluding hydrogens is 638 g/mol. The molecule has 4 aromatic rings. The number of ether oxygens (including phenoxy) is 3. The molecule has 0 spiro atoms. The molecule has 2 aliphatic rings. The molecule has 6 rings (SSSR count). The normalized spacial score (nSPS) is 15.2. The van der Waals surface area contributed by atoms with Crippen LogP contribution in [-0.2, 0) is 28.3 Å². The molecule has 14 heteroatoms. The van der Waals surface area contributed by atoms with Crippen molar-refractivity contribution in [1.82, 2.24) is 19.4 Å². The highest BCUT2D eigenvalue weighted by molar-refractivity contribution is 6.06. The van der Waals surface area contributed by atoms with Gasteiger partial charge in [0.05, 0.1) is 47.2 Å². The Bertz CT molecular complexity index is 1870. The summed E-state index contributed by atoms with van der Waals surface area (Å²) >= 11 is 0. The highest BCUT2D eigenvalue weighted by Crippen LogP contribution is 2.31. The topological polar surface area (TPSA) is 111 Å². The number of aryl methyl sites for hydroxylation is 2. The van der Waals surface area contributed by atoms with E-state index in [1.54, 1.807) is 40.5 Å². The minimum atomic E-state index is -0.566. The molecule has 2 aliphatic heterocycles. The molecule has 2 aromatic carbocycles. The predicted octanol–water partition coefficient (Wildman–Crippen LogP) is 4.67. The molecule has 2 fully saturated rings. The van der Waals surface area contributed by atoms with Crippen LogP contribution in [-0.4, -0.2) is 104 Å². The predicted molar refractivity (Wildman–Crippen MR) is 184 cm³/mol. The van der Waals surface area contributed by atoms with E-state index in [2.05, 4.69) is 10.2 Å². The van der Waals surface area contributed by atoms with Gasteiger partial charge in [-0.25, -0.2) is 23.2 Å². The molecule has 0 atom stereocenters. The van der Waals surface area contributed by atoms with Gasteiger partial charge in [0, 0.05) is 90.2 Å². The maximum atomic E-state index is 14.8. The Kier molecular flexibility index (Phi) is 10.4. The average molecular weight is 683 g/mol. The van der Waals surface area contributed by atoms with Crippen LogP contribution >= 0.6 is 0 Å². The number of piperazine rings is 2. The SMILES string of the molecule is COC(=O)c1cn(C)c2cc(N3CCN(C(=O)OC(C)(C)C)CC3)cc(F)c12.COC(=O)c1cn(C)c2cc(N3CCNCC3)cc(F)c12. The van der Waals surface area contributed by atoms with Crippen molar-refractivity contribution < 1.29 is 37.4 Å². The fourth-order valence-corrected chi connectivity index (χ4v) is 6.19. The van der Waals surface area contributed by atoms with Crippen LogP contribution in [0.4, 0.5) is 25.0 Å². The summed E-state index contributed by atoms with van der Waals surface area (Å²) in [5, 5.41) is 3.85. The fraction of sp³-hybridized carbons (Fsp3) is 0.457. The zero-order chi connectivity index (χ0) is 35.6. The van der Waals surface area contributed by atoms with Crippen molar-refractivity contribution in [2.24, 2.45) is 14.1 Å². The second-order valence-electron chi connectivity index (χ2n) is 13.1. The van der Waals surface area contributed by atoms with Gasteiger partial charge in [-0.05, 0) is 45.0 Å². The highest BCUT2D eigenvalue weighted by atomic mass is 19.1. The van der Waals surface area contributed by atoms with Gasteiger partial charge in [0.15, 0.2) is 0 Å². The maximum absolute atomic E-state index is 14.8. The molecule has 0 saturated carbocycles. The molecule has 0 unspecified atom stereocenters. The number of amides is 1. The minimum absolute atomic E-state index is 0.207. The van der Waals surface area contributed by atoms with Crippen molar-refractivity contribution in [3.05, 3.63) is 59.4 Å². The quantitative estimate of drug-likeness (QED) is 0.243. The summed E-state index contributed by atoms with van der Waals surface area (Å²) < 4.78 is 47.7. The Morgan fingerprint density at radius 3 is 1.53 bits per heavy atom. The van der Waals surface area contributed by atoms with Gasteiger partial charge in [-0.3, -0.25) is 0 Å². The van der Waals surface area contributed by atoms with E-state index in [4.69, 9.17) is 14.2 Å². The summed E-state index contributed by atoms with van der Waals surface area (Å²) in [4.78, 5) is 41.7. The molecule has 2 aromatic heterocycles. The second kappa shape index (κ2) is 14.3. The number of halogens is 2. The third-order valence-electron chi connectivity index (χ3n) is 8.64. The average Bonchev–Trinajstić information content (AvgIpc) is 3.60. The van der Waals surface area contributed by atoms with Crippen molar-refractivity contribution in [3.8, 4) is 0 Å². The molecule has 0 aliphatic carbocycles. The summed E-state index contributed by atoms with van der Waals surface area (Å²) in [6.45, 7) is 11.1. The van der Waals surface area contributed by atoms with Crippen molar-refractivity contribution in [1.29, 1.82) is 0 Å². The molecule has 12 nitrogen and oxygen atoms in total. The van der Waals surface area contributed by atoms with Gasteiger partial charge in [-0.2, -0.15) is 0 Å². The number of nitrogens with zero attached hydrogens (tertiary/aromatic N) is 5. The van der Waals surface area contributed by atoms with Gasteiger partial charge in [0.25, 0.3) is 0 Å². The number of fused-ring (bicyclic) bond motifs is 2. The van der Waals surface area contributed by atoms with Gasteiger partial charge in [-0.1, -0.05) is 0 Å². The number of aromatic nitrogens is 2. The third kappa shape index (κ3) is 7.58. The first-order valence-corrected chi connectivity index (χ1v) is 16.1. The van der Waals surface area contributed by atoms with Gasteiger partial charge >= 0.3 is 18.0 Å². The standard InChI is InChI=1S/C20H26FN3O4.C15H18FN3O2/c1-20(2,3)28-19(26)24-8-6-23(7-9-24)13-10-15(21)17-14(18(25)27-5)12-22(4)16(17)11-13;1-18-9-11(15(20)21-2)14-12(16)7-10(8-13(14)18)19-5-3-17-4-6-19/h10-12H,6-9H2,1-5H3;7-9,17H,3-6H2,1-2H3. The molecule has 0 bridgehead atoms. The Morgan fingerprint density at radius 2 is 1.12 bits per heavy atom. The number of benzene rings is 2. The smallest absolute Gasteiger partial charge is 0.410 e. The Hall–Kier alpha value is -4.85. The van der Waals surface area contributed by atoms with Crippen LogP contribution in [0.2, 0.25) is 0 Å². The number of hydrogen-bond donors (Lipinski definition) is 1. The lowest BCUT2D eigenvalue weighted by atomic mass is 10.1. The van der Waals surface area contributed by atoms with E-state index in [0.29, 0.717) is 48.3 Å². The maximum Gasteiger partial charge on any atom is 0.410 e. The number of methoxy groups -OCH3 is 2. The van der Waals surface area contributed by atoms with Crippen LogP contribution in [0.25, 0.3) is 21.8 Å². The Balaban J connectivity index is 0.000000199. The van der Waals surface area contributed by atoms with E-state index in [9.17, 15) is 23.2 Å². The monoisotopic (exact) mass is 682 g/mol. The Labute approximate surface area is 284 Å². The van der Waals surface area contributed by atoms with E-state index in [-0.39, 0.29) is 28.4 Å². The van der Waals surface area contributed by atoms with Gasteiger partial charge in [-0.15, -0.1) is 0 Å². The molecule has 49 heavy (non-hydrogen) atoms. The molecule has 1 N–H and O–H groups in total. The largest absolute Gasteiger partial charge is 0.465 e. The Morgan fingerprint density at radius 1 is 0.694 bits per heavy atom. The molecule has 1 amide bonds. The zero-order valence-electron chi connectivity index (χ0n) is 29.1. The van der Waals surface area contributed by atoms with Crippen LogP contribution in [0.15, 0.2) is 36.7 Å². The number of hydrogen-bond acceptors (Lipinski definition) is 9. The molecular formula is C35H44F2N6O6. The number of esters is 2. The van der Waals surface area contributed by atoms with E-state index < -0.39 is 23.4 Å². The number of nitrogens with one attached hydrogen (secondary N) is 1. The minimum Gasteiger partial charge on any atom is -0.465 e. The van der Waals surface area contributed by atoms with E-state index in [1.165, 1.54) is 26.4 Å². The first-order valence-electron chi connectivity index (χ1n) is 16.1. The third-order valence-corrected chi connectivity index (χ3v) is 8.64. The second-order valence-corrected chi connectivity index (χ2v) is 13.1. The van der Waals surface area contributed by atoms with Crippen LogP contribution in [0, 0.1) is 11.6 Å². The van der Waals surface area contributed by atoms with E-state index in [1.807, 2.05) is 37.8 Å².